The minimum atomic E-state index is -1.06. The maximum atomic E-state index is 11.0. The van der Waals surface area contributed by atoms with E-state index < -0.39 is 12.6 Å². The van der Waals surface area contributed by atoms with Crippen LogP contribution >= 0.6 is 0 Å². The van der Waals surface area contributed by atoms with Crippen molar-refractivity contribution in [1.29, 1.82) is 0 Å². The smallest absolute Gasteiger partial charge is 0.341 e. The number of hydrogen-bond donors (Lipinski definition) is 1. The Balaban J connectivity index is 1.84. The fourth-order valence-corrected chi connectivity index (χ4v) is 3.51. The SMILES string of the molecule is COc1ccc2c(c1OCC(=O)O)C=NCCc1cc3c(cc1C(C)=C2)OCO3. The first-order valence-corrected chi connectivity index (χ1v) is 9.23. The first kappa shape index (κ1) is 18.9. The van der Waals surface area contributed by atoms with Gasteiger partial charge in [-0.2, -0.15) is 0 Å². The van der Waals surface area contributed by atoms with Crippen molar-refractivity contribution in [2.24, 2.45) is 4.99 Å². The number of hydrogen-bond acceptors (Lipinski definition) is 6. The van der Waals surface area contributed by atoms with Crippen LogP contribution in [0, 0.1) is 0 Å². The topological polar surface area (TPSA) is 86.6 Å². The summed E-state index contributed by atoms with van der Waals surface area (Å²) in [6.07, 6.45) is 4.48. The molecule has 2 aliphatic rings. The number of allylic oxidation sites excluding steroid dienone is 1. The van der Waals surface area contributed by atoms with Gasteiger partial charge in [0.05, 0.1) is 7.11 Å². The fourth-order valence-electron chi connectivity index (χ4n) is 3.51. The molecule has 0 unspecified atom stereocenters. The van der Waals surface area contributed by atoms with Crippen LogP contribution in [0.5, 0.6) is 23.0 Å². The summed E-state index contributed by atoms with van der Waals surface area (Å²) >= 11 is 0. The number of rotatable bonds is 4. The summed E-state index contributed by atoms with van der Waals surface area (Å²) in [7, 11) is 1.52. The summed E-state index contributed by atoms with van der Waals surface area (Å²) in [5.74, 6) is 1.26. The molecule has 0 aromatic heterocycles. The molecule has 0 fully saturated rings. The molecule has 0 aliphatic carbocycles. The van der Waals surface area contributed by atoms with Crippen LogP contribution in [0.25, 0.3) is 11.6 Å². The number of aliphatic carboxylic acids is 1. The van der Waals surface area contributed by atoms with Gasteiger partial charge in [-0.1, -0.05) is 12.1 Å². The molecule has 2 aromatic rings. The molecule has 0 saturated carbocycles. The number of nitrogens with zero attached hydrogens (tertiary/aromatic N) is 1. The zero-order valence-corrected chi connectivity index (χ0v) is 16.2. The third-order valence-electron chi connectivity index (χ3n) is 4.88. The Bertz CT molecular complexity index is 1020. The van der Waals surface area contributed by atoms with Gasteiger partial charge >= 0.3 is 5.97 Å². The van der Waals surface area contributed by atoms with Gasteiger partial charge in [-0.3, -0.25) is 4.99 Å². The van der Waals surface area contributed by atoms with Crippen LogP contribution in [0.2, 0.25) is 0 Å². The number of fused-ring (bicyclic) bond motifs is 3. The number of aliphatic imine (C=N–C) groups is 1. The zero-order valence-electron chi connectivity index (χ0n) is 16.2. The van der Waals surface area contributed by atoms with Crippen LogP contribution in [-0.4, -0.2) is 44.3 Å². The van der Waals surface area contributed by atoms with Crippen molar-refractivity contribution in [3.05, 3.63) is 46.5 Å². The molecule has 1 N–H and O–H groups in total. The van der Waals surface area contributed by atoms with E-state index in [0.29, 0.717) is 23.6 Å². The Hall–Kier alpha value is -3.48. The Morgan fingerprint density at radius 3 is 2.79 bits per heavy atom. The summed E-state index contributed by atoms with van der Waals surface area (Å²) in [5.41, 5.74) is 4.80. The lowest BCUT2D eigenvalue weighted by atomic mass is 9.94. The van der Waals surface area contributed by atoms with Crippen molar-refractivity contribution >= 4 is 23.8 Å². The van der Waals surface area contributed by atoms with Crippen molar-refractivity contribution in [1.82, 2.24) is 0 Å². The molecule has 150 valence electrons. The van der Waals surface area contributed by atoms with Crippen molar-refractivity contribution in [2.45, 2.75) is 13.3 Å². The second kappa shape index (κ2) is 7.87. The maximum absolute atomic E-state index is 11.0. The summed E-state index contributed by atoms with van der Waals surface area (Å²) in [6.45, 7) is 2.36. The molecule has 7 nitrogen and oxygen atoms in total. The van der Waals surface area contributed by atoms with E-state index >= 15 is 0 Å². The largest absolute Gasteiger partial charge is 0.493 e. The lowest BCUT2D eigenvalue weighted by Crippen LogP contribution is -2.12. The van der Waals surface area contributed by atoms with Gasteiger partial charge in [0, 0.05) is 18.3 Å². The Morgan fingerprint density at radius 2 is 2.03 bits per heavy atom. The zero-order chi connectivity index (χ0) is 20.4. The van der Waals surface area contributed by atoms with E-state index in [1.54, 1.807) is 12.3 Å². The predicted molar refractivity (Wildman–Crippen MR) is 108 cm³/mol. The summed E-state index contributed by atoms with van der Waals surface area (Å²) in [4.78, 5) is 15.6. The molecule has 0 spiro atoms. The molecule has 0 radical (unpaired) electrons. The van der Waals surface area contributed by atoms with E-state index in [-0.39, 0.29) is 6.79 Å². The molecule has 7 heteroatoms. The fraction of sp³-hybridized carbons (Fsp3) is 0.273. The van der Waals surface area contributed by atoms with Gasteiger partial charge in [-0.15, -0.1) is 0 Å². The lowest BCUT2D eigenvalue weighted by molar-refractivity contribution is -0.139. The molecule has 2 aromatic carbocycles. The third-order valence-corrected chi connectivity index (χ3v) is 4.88. The summed E-state index contributed by atoms with van der Waals surface area (Å²) in [5, 5.41) is 9.02. The highest BCUT2D eigenvalue weighted by molar-refractivity contribution is 5.95. The van der Waals surface area contributed by atoms with Crippen LogP contribution in [-0.2, 0) is 11.2 Å². The van der Waals surface area contributed by atoms with E-state index in [2.05, 4.69) is 4.99 Å². The maximum Gasteiger partial charge on any atom is 0.341 e. The van der Waals surface area contributed by atoms with Crippen LogP contribution in [0.3, 0.4) is 0 Å². The number of carbonyl (C=O) groups is 1. The van der Waals surface area contributed by atoms with Crippen molar-refractivity contribution in [3.8, 4) is 23.0 Å². The second-order valence-corrected chi connectivity index (χ2v) is 6.76. The third kappa shape index (κ3) is 3.76. The molecule has 29 heavy (non-hydrogen) atoms. The van der Waals surface area contributed by atoms with Gasteiger partial charge in [-0.05, 0) is 53.8 Å². The van der Waals surface area contributed by atoms with E-state index in [4.69, 9.17) is 24.1 Å². The van der Waals surface area contributed by atoms with Crippen molar-refractivity contribution in [3.63, 3.8) is 0 Å². The highest BCUT2D eigenvalue weighted by Crippen LogP contribution is 2.39. The Kier molecular flexibility index (Phi) is 5.12. The number of benzene rings is 2. The van der Waals surface area contributed by atoms with Crippen molar-refractivity contribution in [2.75, 3.05) is 27.1 Å². The van der Waals surface area contributed by atoms with Crippen LogP contribution in [0.1, 0.15) is 29.2 Å². The molecular weight excluding hydrogens is 374 g/mol. The highest BCUT2D eigenvalue weighted by atomic mass is 16.7. The quantitative estimate of drug-likeness (QED) is 0.854. The van der Waals surface area contributed by atoms with Crippen LogP contribution in [0.15, 0.2) is 29.3 Å². The molecule has 0 bridgehead atoms. The standard InChI is InChI=1S/C22H21NO6/c1-13-7-14-3-4-18(26-2)22(27-11-21(24)25)17(14)10-23-6-5-15-8-19-20(9-16(13)15)29-12-28-19/h3-4,7-10H,5-6,11-12H2,1-2H3,(H,24,25). The molecule has 2 aliphatic heterocycles. The molecule has 0 atom stereocenters. The Labute approximate surface area is 168 Å². The van der Waals surface area contributed by atoms with Gasteiger partial charge in [-0.25, -0.2) is 4.79 Å². The van der Waals surface area contributed by atoms with Gasteiger partial charge in [0.25, 0.3) is 0 Å². The monoisotopic (exact) mass is 395 g/mol. The lowest BCUT2D eigenvalue weighted by Gasteiger charge is -2.17. The predicted octanol–water partition coefficient (Wildman–Crippen LogP) is 3.42. The van der Waals surface area contributed by atoms with E-state index in [1.165, 1.54) is 7.11 Å². The van der Waals surface area contributed by atoms with Crippen LogP contribution < -0.4 is 18.9 Å². The average molecular weight is 395 g/mol. The number of carboxylic acids is 1. The van der Waals surface area contributed by atoms with E-state index in [0.717, 1.165) is 40.2 Å². The first-order chi connectivity index (χ1) is 14.1. The molecule has 2 heterocycles. The molecule has 0 saturated heterocycles. The van der Waals surface area contributed by atoms with E-state index in [9.17, 15) is 4.79 Å². The highest BCUT2D eigenvalue weighted by Gasteiger charge is 2.20. The second-order valence-electron chi connectivity index (χ2n) is 6.76. The normalized spacial score (nSPS) is 14.5. The van der Waals surface area contributed by atoms with E-state index in [1.807, 2.05) is 31.2 Å². The Morgan fingerprint density at radius 1 is 1.24 bits per heavy atom. The average Bonchev–Trinajstić information content (AvgIpc) is 3.16. The molecular formula is C22H21NO6. The summed E-state index contributed by atoms with van der Waals surface area (Å²) < 4.78 is 22.0. The molecule has 0 amide bonds. The number of carboxylic acid groups (broad SMARTS) is 1. The van der Waals surface area contributed by atoms with Gasteiger partial charge in [0.15, 0.2) is 29.6 Å². The van der Waals surface area contributed by atoms with Crippen LogP contribution in [0.4, 0.5) is 0 Å². The van der Waals surface area contributed by atoms with Gasteiger partial charge < -0.3 is 24.1 Å². The summed E-state index contributed by atoms with van der Waals surface area (Å²) in [6, 6.07) is 7.69. The molecule has 4 rings (SSSR count). The van der Waals surface area contributed by atoms with Gasteiger partial charge in [0.2, 0.25) is 6.79 Å². The first-order valence-electron chi connectivity index (χ1n) is 9.23. The van der Waals surface area contributed by atoms with Crippen molar-refractivity contribution < 1.29 is 28.8 Å². The minimum absolute atomic E-state index is 0.228. The minimum Gasteiger partial charge on any atom is -0.493 e. The number of ether oxygens (including phenoxy) is 4. The number of methoxy groups -OCH3 is 1. The van der Waals surface area contributed by atoms with Gasteiger partial charge in [0.1, 0.15) is 0 Å².